The van der Waals surface area contributed by atoms with Gasteiger partial charge in [-0.05, 0) is 61.1 Å². The third kappa shape index (κ3) is 3.28. The molecule has 5 heteroatoms. The molecule has 20 heavy (non-hydrogen) atoms. The van der Waals surface area contributed by atoms with Crippen LogP contribution in [0.3, 0.4) is 0 Å². The molecule has 1 aromatic rings. The van der Waals surface area contributed by atoms with Crippen molar-refractivity contribution in [2.45, 2.75) is 58.5 Å². The molecule has 1 aliphatic carbocycles. The maximum atomic E-state index is 6.30. The standard InChI is InChI=1S/C15H22ClIN2O/c1-4-11-12(17)13(16)19-14(18-11)15(20-5-2)8-6-7-10(3)9-15/h10H,4-9H2,1-3H3. The van der Waals surface area contributed by atoms with Gasteiger partial charge in [-0.15, -0.1) is 0 Å². The van der Waals surface area contributed by atoms with E-state index in [1.165, 1.54) is 6.42 Å². The third-order valence-corrected chi connectivity index (χ3v) is 5.72. The molecule has 2 unspecified atom stereocenters. The van der Waals surface area contributed by atoms with Crippen molar-refractivity contribution in [3.05, 3.63) is 20.2 Å². The Balaban J connectivity index is 2.46. The van der Waals surface area contributed by atoms with Gasteiger partial charge in [0.05, 0.1) is 9.26 Å². The molecule has 2 rings (SSSR count). The highest BCUT2D eigenvalue weighted by Gasteiger charge is 2.40. The summed E-state index contributed by atoms with van der Waals surface area (Å²) in [6.45, 7) is 7.10. The van der Waals surface area contributed by atoms with Crippen LogP contribution in [0.15, 0.2) is 0 Å². The Bertz CT molecular complexity index is 479. The van der Waals surface area contributed by atoms with Gasteiger partial charge >= 0.3 is 0 Å². The van der Waals surface area contributed by atoms with Gasteiger partial charge in [-0.1, -0.05) is 31.9 Å². The largest absolute Gasteiger partial charge is 0.367 e. The molecule has 0 saturated heterocycles. The zero-order valence-corrected chi connectivity index (χ0v) is 15.3. The fraction of sp³-hybridized carbons (Fsp3) is 0.733. The second kappa shape index (κ2) is 6.88. The van der Waals surface area contributed by atoms with Crippen molar-refractivity contribution in [2.75, 3.05) is 6.61 Å². The summed E-state index contributed by atoms with van der Waals surface area (Å²) in [4.78, 5) is 9.32. The maximum absolute atomic E-state index is 6.30. The molecule has 1 aliphatic rings. The van der Waals surface area contributed by atoms with Crippen molar-refractivity contribution in [3.63, 3.8) is 0 Å². The number of hydrogen-bond donors (Lipinski definition) is 0. The quantitative estimate of drug-likeness (QED) is 0.533. The van der Waals surface area contributed by atoms with Crippen molar-refractivity contribution in [3.8, 4) is 0 Å². The number of halogens is 2. The summed E-state index contributed by atoms with van der Waals surface area (Å²) in [6, 6.07) is 0. The van der Waals surface area contributed by atoms with E-state index >= 15 is 0 Å². The van der Waals surface area contributed by atoms with E-state index in [9.17, 15) is 0 Å². The molecule has 0 amide bonds. The van der Waals surface area contributed by atoms with Gasteiger partial charge < -0.3 is 4.74 Å². The van der Waals surface area contributed by atoms with Crippen molar-refractivity contribution >= 4 is 34.2 Å². The summed E-state index contributed by atoms with van der Waals surface area (Å²) in [5, 5.41) is 0.560. The smallest absolute Gasteiger partial charge is 0.162 e. The Hall–Kier alpha value is 0.0600. The first-order valence-electron chi connectivity index (χ1n) is 7.38. The summed E-state index contributed by atoms with van der Waals surface area (Å²) < 4.78 is 7.10. The highest BCUT2D eigenvalue weighted by Crippen LogP contribution is 2.42. The predicted molar refractivity (Wildman–Crippen MR) is 90.1 cm³/mol. The van der Waals surface area contributed by atoms with Gasteiger partial charge in [0.25, 0.3) is 0 Å². The highest BCUT2D eigenvalue weighted by atomic mass is 127. The Morgan fingerprint density at radius 3 is 2.75 bits per heavy atom. The lowest BCUT2D eigenvalue weighted by molar-refractivity contribution is -0.0882. The molecule has 1 heterocycles. The molecule has 0 N–H and O–H groups in total. The van der Waals surface area contributed by atoms with Crippen LogP contribution in [0, 0.1) is 9.49 Å². The van der Waals surface area contributed by atoms with E-state index in [1.54, 1.807) is 0 Å². The molecule has 1 saturated carbocycles. The maximum Gasteiger partial charge on any atom is 0.162 e. The lowest BCUT2D eigenvalue weighted by Gasteiger charge is -2.38. The SMILES string of the molecule is CCOC1(c2nc(Cl)c(I)c(CC)n2)CCCC(C)C1. The first kappa shape index (κ1) is 16.4. The first-order valence-corrected chi connectivity index (χ1v) is 8.84. The van der Waals surface area contributed by atoms with Gasteiger partial charge in [0.15, 0.2) is 5.82 Å². The molecule has 1 aromatic heterocycles. The topological polar surface area (TPSA) is 35.0 Å². The van der Waals surface area contributed by atoms with Gasteiger partial charge in [-0.25, -0.2) is 9.97 Å². The van der Waals surface area contributed by atoms with Crippen LogP contribution in [0.5, 0.6) is 0 Å². The summed E-state index contributed by atoms with van der Waals surface area (Å²) in [6.07, 6.45) is 5.26. The Morgan fingerprint density at radius 1 is 1.40 bits per heavy atom. The molecule has 0 aliphatic heterocycles. The van der Waals surface area contributed by atoms with Crippen molar-refractivity contribution in [2.24, 2.45) is 5.92 Å². The van der Waals surface area contributed by atoms with E-state index in [4.69, 9.17) is 21.3 Å². The molecule has 0 aromatic carbocycles. The molecule has 2 atom stereocenters. The lowest BCUT2D eigenvalue weighted by atomic mass is 9.78. The monoisotopic (exact) mass is 408 g/mol. The van der Waals surface area contributed by atoms with Crippen molar-refractivity contribution in [1.82, 2.24) is 9.97 Å². The Kier molecular flexibility index (Phi) is 5.65. The van der Waals surface area contributed by atoms with Crippen LogP contribution < -0.4 is 0 Å². The van der Waals surface area contributed by atoms with Crippen molar-refractivity contribution in [1.29, 1.82) is 0 Å². The Labute approximate surface area is 140 Å². The van der Waals surface area contributed by atoms with Crippen LogP contribution in [-0.4, -0.2) is 16.6 Å². The van der Waals surface area contributed by atoms with E-state index < -0.39 is 0 Å². The van der Waals surface area contributed by atoms with Gasteiger partial charge in [0.2, 0.25) is 0 Å². The van der Waals surface area contributed by atoms with Gasteiger partial charge in [-0.3, -0.25) is 0 Å². The summed E-state index contributed by atoms with van der Waals surface area (Å²) in [5.41, 5.74) is 0.683. The molecular weight excluding hydrogens is 387 g/mol. The van der Waals surface area contributed by atoms with Crippen LogP contribution in [0.25, 0.3) is 0 Å². The minimum absolute atomic E-state index is 0.343. The number of ether oxygens (including phenoxy) is 1. The van der Waals surface area contributed by atoms with Gasteiger partial charge in [0.1, 0.15) is 10.8 Å². The number of rotatable bonds is 4. The number of aryl methyl sites for hydroxylation is 1. The van der Waals surface area contributed by atoms with E-state index in [-0.39, 0.29) is 5.60 Å². The zero-order chi connectivity index (χ0) is 14.8. The average Bonchev–Trinajstić information content (AvgIpc) is 2.42. The fourth-order valence-corrected chi connectivity index (χ4v) is 3.89. The number of hydrogen-bond acceptors (Lipinski definition) is 3. The average molecular weight is 409 g/mol. The molecule has 0 radical (unpaired) electrons. The summed E-state index contributed by atoms with van der Waals surface area (Å²) in [5.74, 6) is 1.43. The third-order valence-electron chi connectivity index (χ3n) is 4.00. The molecule has 1 fully saturated rings. The van der Waals surface area contributed by atoms with Crippen LogP contribution in [0.4, 0.5) is 0 Å². The van der Waals surface area contributed by atoms with E-state index in [0.29, 0.717) is 17.7 Å². The van der Waals surface area contributed by atoms with Gasteiger partial charge in [0, 0.05) is 6.61 Å². The summed E-state index contributed by atoms with van der Waals surface area (Å²) >= 11 is 8.53. The van der Waals surface area contributed by atoms with Crippen LogP contribution >= 0.6 is 34.2 Å². The molecular formula is C15H22ClIN2O. The van der Waals surface area contributed by atoms with Gasteiger partial charge in [-0.2, -0.15) is 0 Å². The van der Waals surface area contributed by atoms with Crippen LogP contribution in [-0.2, 0) is 16.8 Å². The lowest BCUT2D eigenvalue weighted by Crippen LogP contribution is -2.37. The van der Waals surface area contributed by atoms with E-state index in [0.717, 1.165) is 40.8 Å². The molecule has 3 nitrogen and oxygen atoms in total. The first-order chi connectivity index (χ1) is 9.52. The minimum atomic E-state index is -0.343. The highest BCUT2D eigenvalue weighted by molar-refractivity contribution is 14.1. The normalized spacial score (nSPS) is 26.8. The summed E-state index contributed by atoms with van der Waals surface area (Å²) in [7, 11) is 0. The van der Waals surface area contributed by atoms with Crippen LogP contribution in [0.1, 0.15) is 58.0 Å². The molecule has 0 spiro atoms. The van der Waals surface area contributed by atoms with E-state index in [1.807, 2.05) is 6.92 Å². The molecule has 0 bridgehead atoms. The number of nitrogens with zero attached hydrogens (tertiary/aromatic N) is 2. The minimum Gasteiger partial charge on any atom is -0.367 e. The van der Waals surface area contributed by atoms with Crippen LogP contribution in [0.2, 0.25) is 5.15 Å². The Morgan fingerprint density at radius 2 is 2.15 bits per heavy atom. The second-order valence-corrected chi connectivity index (χ2v) is 7.02. The predicted octanol–water partition coefficient (Wildman–Crippen LogP) is 4.74. The second-order valence-electron chi connectivity index (χ2n) is 5.58. The van der Waals surface area contributed by atoms with E-state index in [2.05, 4.69) is 41.4 Å². The molecule has 112 valence electrons. The zero-order valence-electron chi connectivity index (χ0n) is 12.4. The van der Waals surface area contributed by atoms with Crippen molar-refractivity contribution < 1.29 is 4.74 Å². The number of aromatic nitrogens is 2. The fourth-order valence-electron chi connectivity index (χ4n) is 3.08.